The van der Waals surface area contributed by atoms with Gasteiger partial charge in [-0.3, -0.25) is 4.79 Å². The number of allylic oxidation sites excluding steroid dienone is 5. The van der Waals surface area contributed by atoms with Crippen molar-refractivity contribution in [1.82, 2.24) is 10.3 Å². The van der Waals surface area contributed by atoms with Gasteiger partial charge in [-0.1, -0.05) is 66.7 Å². The van der Waals surface area contributed by atoms with Gasteiger partial charge in [-0.05, 0) is 70.8 Å². The topological polar surface area (TPSA) is 69.6 Å². The van der Waals surface area contributed by atoms with E-state index in [1.165, 1.54) is 54.6 Å². The van der Waals surface area contributed by atoms with E-state index in [1.54, 1.807) is 6.07 Å². The summed E-state index contributed by atoms with van der Waals surface area (Å²) in [5, 5.41) is -10.5. The fraction of sp³-hybridized carbons (Fsp3) is 0.225. The van der Waals surface area contributed by atoms with Gasteiger partial charge in [0.15, 0.2) is 0 Å². The summed E-state index contributed by atoms with van der Waals surface area (Å²) in [4.78, 5) is 24.7. The van der Waals surface area contributed by atoms with Gasteiger partial charge in [0.1, 0.15) is 0 Å². The number of halogens is 15. The van der Waals surface area contributed by atoms with Gasteiger partial charge in [0.05, 0.1) is 45.7 Å². The summed E-state index contributed by atoms with van der Waals surface area (Å²) >= 11 is 9.07. The third-order valence-corrected chi connectivity index (χ3v) is 11.1. The number of alkyl halides is 15. The van der Waals surface area contributed by atoms with Gasteiger partial charge in [-0.15, -0.1) is 0 Å². The maximum absolute atomic E-state index is 17.1. The molecule has 2 N–H and O–H groups in total. The van der Waals surface area contributed by atoms with Crippen LogP contribution >= 0.6 is 23.2 Å². The quantitative estimate of drug-likeness (QED) is 0.175. The molecule has 0 saturated heterocycles. The highest BCUT2D eigenvalue weighted by atomic mass is 35.5. The van der Waals surface area contributed by atoms with Crippen LogP contribution in [0.5, 0.6) is 0 Å². The second-order valence-corrected chi connectivity index (χ2v) is 15.0. The first-order valence-electron chi connectivity index (χ1n) is 17.3. The maximum atomic E-state index is 17.1. The van der Waals surface area contributed by atoms with Crippen molar-refractivity contribution in [3.63, 3.8) is 0 Å². The number of rotatable bonds is 8. The molecule has 0 spiro atoms. The standard InChI is InChI=1S/C40H21Cl2F13N4O/c41-39(52,53)36(46,47)34(43)20-17-27-29(19-9-5-2-6-10-19)23-14-16-26(58-23)31(35(44,45)37(48,49)38(50,51)40(42,54)55)25-15-13-22(57-25)28(18-7-3-1-4-8-18)21-11-12-24(56-21)30(33(34)60)32(20)59-27/h1-17,20,32,57,59H/b28-22-,29-23-,30-24+,31-25+. The van der Waals surface area contributed by atoms with Crippen LogP contribution in [-0.2, 0) is 4.79 Å². The first kappa shape index (κ1) is 41.4. The third-order valence-electron chi connectivity index (χ3n) is 10.6. The van der Waals surface area contributed by atoms with E-state index in [2.05, 4.69) is 31.9 Å². The molecule has 1 saturated carbocycles. The number of carbonyl (C=O) groups is 1. The fourth-order valence-electron chi connectivity index (χ4n) is 7.73. The van der Waals surface area contributed by atoms with Gasteiger partial charge in [-0.2, -0.15) is 52.7 Å². The van der Waals surface area contributed by atoms with Crippen molar-refractivity contribution in [3.8, 4) is 0 Å². The van der Waals surface area contributed by atoms with Crippen LogP contribution in [0.15, 0.2) is 136 Å². The Balaban J connectivity index is 1.52. The van der Waals surface area contributed by atoms with Crippen LogP contribution in [0.1, 0.15) is 11.1 Å². The molecule has 5 heterocycles. The largest absolute Gasteiger partial charge is 0.393 e. The summed E-state index contributed by atoms with van der Waals surface area (Å²) in [6.07, 6.45) is 4.38. The summed E-state index contributed by atoms with van der Waals surface area (Å²) in [5.41, 5.74) is -10.7. The number of hydrogen-bond acceptors (Lipinski definition) is 4. The number of ketones is 1. The smallest absolute Gasteiger partial charge is 0.377 e. The van der Waals surface area contributed by atoms with Crippen molar-refractivity contribution < 1.29 is 61.9 Å². The molecule has 60 heavy (non-hydrogen) atoms. The molecule has 3 atom stereocenters. The zero-order chi connectivity index (χ0) is 43.6. The summed E-state index contributed by atoms with van der Waals surface area (Å²) in [7, 11) is 0. The molecule has 1 fully saturated rings. The molecule has 2 aromatic carbocycles. The number of aliphatic imine (C=N–C) groups is 2. The fourth-order valence-corrected chi connectivity index (χ4v) is 7.98. The Hall–Kier alpha value is -5.36. The Morgan fingerprint density at radius 1 is 0.617 bits per heavy atom. The number of aromatic amines is 1. The van der Waals surface area contributed by atoms with Crippen molar-refractivity contribution in [2.75, 3.05) is 0 Å². The number of nitrogens with one attached hydrogen (secondary N) is 2. The summed E-state index contributed by atoms with van der Waals surface area (Å²) < 4.78 is 198. The van der Waals surface area contributed by atoms with Gasteiger partial charge < -0.3 is 10.3 Å². The van der Waals surface area contributed by atoms with E-state index >= 15 is 30.7 Å². The minimum Gasteiger partial charge on any atom is -0.377 e. The molecular formula is C40H21Cl2F13N4O. The van der Waals surface area contributed by atoms with Crippen LogP contribution in [0.4, 0.5) is 57.1 Å². The number of carbonyl (C=O) groups excluding carboxylic acids is 1. The Bertz CT molecular complexity index is 2710. The van der Waals surface area contributed by atoms with E-state index in [9.17, 15) is 31.1 Å². The molecule has 20 heteroatoms. The van der Waals surface area contributed by atoms with Crippen molar-refractivity contribution >= 4 is 57.1 Å². The lowest BCUT2D eigenvalue weighted by Crippen LogP contribution is -2.62. The van der Waals surface area contributed by atoms with E-state index in [-0.39, 0.29) is 33.3 Å². The molecule has 5 nitrogen and oxygen atoms in total. The number of aromatic nitrogens is 1. The summed E-state index contributed by atoms with van der Waals surface area (Å²) in [6, 6.07) is 14.2. The average molecular weight is 892 g/mol. The molecule has 0 amide bonds. The first-order chi connectivity index (χ1) is 27.9. The molecule has 0 radical (unpaired) electrons. The number of hydrogen-bond donors (Lipinski definition) is 2. The molecular weight excluding hydrogens is 870 g/mol. The van der Waals surface area contributed by atoms with Crippen LogP contribution in [0.2, 0.25) is 0 Å². The lowest BCUT2D eigenvalue weighted by Gasteiger charge is -2.35. The lowest BCUT2D eigenvalue weighted by molar-refractivity contribution is -0.332. The number of fused-ring (bicyclic) bond motifs is 5. The van der Waals surface area contributed by atoms with Gasteiger partial charge >= 0.3 is 34.5 Å². The molecule has 312 valence electrons. The van der Waals surface area contributed by atoms with Crippen LogP contribution < -0.4 is 16.0 Å². The minimum absolute atomic E-state index is 0.0266. The van der Waals surface area contributed by atoms with E-state index in [1.807, 2.05) is 0 Å². The second kappa shape index (κ2) is 13.3. The van der Waals surface area contributed by atoms with Crippen LogP contribution in [0.25, 0.3) is 16.7 Å². The molecule has 8 bridgehead atoms. The average Bonchev–Trinajstić information content (AvgIpc) is 4.02. The Labute approximate surface area is 338 Å². The number of benzene rings is 2. The molecule has 4 aliphatic heterocycles. The summed E-state index contributed by atoms with van der Waals surface area (Å²) in [6.45, 7) is 0. The minimum atomic E-state index is -6.93. The van der Waals surface area contributed by atoms with Crippen molar-refractivity contribution in [2.45, 2.75) is 46.2 Å². The van der Waals surface area contributed by atoms with Crippen LogP contribution in [0.3, 0.4) is 0 Å². The van der Waals surface area contributed by atoms with E-state index in [0.29, 0.717) is 12.2 Å². The van der Waals surface area contributed by atoms with Gasteiger partial charge in [0.25, 0.3) is 5.67 Å². The number of Topliss-reactive ketones (excluding diaryl/α,β-unsaturated/α-hetero) is 1. The zero-order valence-electron chi connectivity index (χ0n) is 29.4. The van der Waals surface area contributed by atoms with E-state index in [4.69, 9.17) is 11.6 Å². The number of H-pyrrole nitrogens is 1. The Morgan fingerprint density at radius 3 is 1.73 bits per heavy atom. The maximum Gasteiger partial charge on any atom is 0.393 e. The highest BCUT2D eigenvalue weighted by Gasteiger charge is 2.82. The SMILES string of the molecule is O=C1/C2=C3\C=CC(=N3)/C(c3ccccc3)=c3/cc/c([nH]3)=C(\C(F)(F)C(F)(F)C(F)(F)C(F)(F)Cl)C3=N/C(=C(/c4ccccc4)C4=CC(C2N4)C1(F)C(F)(F)C(F)(F)Cl)C=C3. The van der Waals surface area contributed by atoms with Crippen molar-refractivity contribution in [1.29, 1.82) is 0 Å². The monoisotopic (exact) mass is 890 g/mol. The van der Waals surface area contributed by atoms with Crippen LogP contribution in [-0.4, -0.2) is 68.4 Å². The van der Waals surface area contributed by atoms with E-state index in [0.717, 1.165) is 30.4 Å². The van der Waals surface area contributed by atoms with Crippen LogP contribution in [0, 0.1) is 5.92 Å². The predicted octanol–water partition coefficient (Wildman–Crippen LogP) is 9.03. The highest BCUT2D eigenvalue weighted by molar-refractivity contribution is 6.31. The lowest BCUT2D eigenvalue weighted by atomic mass is 9.84. The Morgan fingerprint density at radius 2 is 1.15 bits per heavy atom. The molecule has 1 aliphatic carbocycles. The molecule has 1 aromatic heterocycles. The molecule has 5 aliphatic rings. The van der Waals surface area contributed by atoms with Gasteiger partial charge in [-0.25, -0.2) is 14.4 Å². The van der Waals surface area contributed by atoms with Crippen molar-refractivity contribution in [2.24, 2.45) is 15.9 Å². The van der Waals surface area contributed by atoms with Gasteiger partial charge in [0.2, 0.25) is 5.78 Å². The molecule has 3 unspecified atom stereocenters. The predicted molar refractivity (Wildman–Crippen MR) is 195 cm³/mol. The normalized spacial score (nSPS) is 27.6. The third kappa shape index (κ3) is 5.72. The molecule has 3 aromatic rings. The number of nitrogens with zero attached hydrogens (tertiary/aromatic N) is 2. The highest BCUT2D eigenvalue weighted by Crippen LogP contribution is 2.60. The second-order valence-electron chi connectivity index (χ2n) is 14.0. The first-order valence-corrected chi connectivity index (χ1v) is 18.1. The van der Waals surface area contributed by atoms with E-state index < -0.39 is 97.2 Å². The van der Waals surface area contributed by atoms with Crippen molar-refractivity contribution in [3.05, 3.63) is 148 Å². The zero-order valence-corrected chi connectivity index (χ0v) is 31.0. The summed E-state index contributed by atoms with van der Waals surface area (Å²) in [5.74, 6) is -30.5. The molecule has 8 rings (SSSR count). The van der Waals surface area contributed by atoms with Gasteiger partial charge in [0, 0.05) is 27.8 Å². The Kier molecular flexibility index (Phi) is 9.18.